The van der Waals surface area contributed by atoms with Crippen LogP contribution in [0, 0.1) is 6.92 Å². The van der Waals surface area contributed by atoms with Gasteiger partial charge in [-0.3, -0.25) is 0 Å². The number of carboxylic acid groups (broad SMARTS) is 1. The fourth-order valence-corrected chi connectivity index (χ4v) is 2.88. The average molecular weight is 269 g/mol. The molecule has 2 aromatic carbocycles. The van der Waals surface area contributed by atoms with Crippen LogP contribution in [0.5, 0.6) is 0 Å². The lowest BCUT2D eigenvalue weighted by Gasteiger charge is -2.02. The minimum Gasteiger partial charge on any atom is -0.477 e. The van der Waals surface area contributed by atoms with Crippen LogP contribution in [0.1, 0.15) is 14.7 Å². The van der Waals surface area contributed by atoms with E-state index in [1.807, 2.05) is 49.4 Å². The fraction of sp³-hybridized carbons (Fsp3) is 0.0667. The van der Waals surface area contributed by atoms with Gasteiger partial charge in [0.05, 0.1) is 10.7 Å². The number of fused-ring (bicyclic) bond motifs is 1. The number of aromatic carboxylic acids is 1. The number of carboxylic acids is 1. The lowest BCUT2D eigenvalue weighted by molar-refractivity contribution is 0.0702. The van der Waals surface area contributed by atoms with Crippen LogP contribution in [0.25, 0.3) is 22.0 Å². The highest BCUT2D eigenvalue weighted by atomic mass is 32.1. The van der Waals surface area contributed by atoms with E-state index in [0.29, 0.717) is 10.6 Å². The summed E-state index contributed by atoms with van der Waals surface area (Å²) < 4.78 is 0. The van der Waals surface area contributed by atoms with Crippen molar-refractivity contribution in [1.29, 1.82) is 0 Å². The Morgan fingerprint density at radius 3 is 2.63 bits per heavy atom. The number of hydrogen-bond acceptors (Lipinski definition) is 3. The van der Waals surface area contributed by atoms with Crippen molar-refractivity contribution in [2.45, 2.75) is 6.92 Å². The first-order chi connectivity index (χ1) is 9.15. The van der Waals surface area contributed by atoms with E-state index in [4.69, 9.17) is 0 Å². The van der Waals surface area contributed by atoms with Crippen LogP contribution < -0.4 is 0 Å². The van der Waals surface area contributed by atoms with Gasteiger partial charge in [0.1, 0.15) is 4.88 Å². The molecule has 3 rings (SSSR count). The Kier molecular flexibility index (Phi) is 2.80. The number of hydrogen-bond donors (Lipinski definition) is 1. The predicted molar refractivity (Wildman–Crippen MR) is 76.8 cm³/mol. The van der Waals surface area contributed by atoms with E-state index in [9.17, 15) is 9.90 Å². The van der Waals surface area contributed by atoms with Gasteiger partial charge in [-0.15, -0.1) is 11.3 Å². The van der Waals surface area contributed by atoms with E-state index in [1.54, 1.807) is 0 Å². The molecule has 19 heavy (non-hydrogen) atoms. The smallest absolute Gasteiger partial charge is 0.348 e. The lowest BCUT2D eigenvalue weighted by Crippen LogP contribution is -1.95. The van der Waals surface area contributed by atoms with Crippen LogP contribution in [0.15, 0.2) is 42.5 Å². The molecule has 0 spiro atoms. The van der Waals surface area contributed by atoms with Crippen molar-refractivity contribution in [1.82, 2.24) is 4.98 Å². The molecule has 0 atom stereocenters. The molecule has 0 aliphatic heterocycles. The zero-order valence-corrected chi connectivity index (χ0v) is 11.1. The molecule has 0 radical (unpaired) electrons. The van der Waals surface area contributed by atoms with Gasteiger partial charge in [-0.2, -0.15) is 0 Å². The van der Waals surface area contributed by atoms with E-state index in [2.05, 4.69) is 4.98 Å². The molecule has 4 heteroatoms. The first kappa shape index (κ1) is 11.9. The van der Waals surface area contributed by atoms with E-state index in [-0.39, 0.29) is 0 Å². The monoisotopic (exact) mass is 269 g/mol. The number of aryl methyl sites for hydroxylation is 1. The van der Waals surface area contributed by atoms with Crippen molar-refractivity contribution in [3.8, 4) is 11.3 Å². The summed E-state index contributed by atoms with van der Waals surface area (Å²) in [5, 5.41) is 12.2. The molecule has 0 aliphatic rings. The molecular weight excluding hydrogens is 258 g/mol. The quantitative estimate of drug-likeness (QED) is 0.765. The van der Waals surface area contributed by atoms with Gasteiger partial charge in [-0.25, -0.2) is 9.78 Å². The zero-order chi connectivity index (χ0) is 13.4. The molecule has 3 aromatic rings. The highest BCUT2D eigenvalue weighted by Crippen LogP contribution is 2.30. The number of aromatic nitrogens is 1. The van der Waals surface area contributed by atoms with Crippen molar-refractivity contribution in [2.75, 3.05) is 0 Å². The second-order valence-corrected chi connectivity index (χ2v) is 5.48. The fourth-order valence-electron chi connectivity index (χ4n) is 2.10. The highest BCUT2D eigenvalue weighted by molar-refractivity contribution is 7.14. The summed E-state index contributed by atoms with van der Waals surface area (Å²) in [5.74, 6) is -0.922. The Labute approximate surface area is 114 Å². The molecule has 1 heterocycles. The topological polar surface area (TPSA) is 50.2 Å². The number of thiazole rings is 1. The van der Waals surface area contributed by atoms with Gasteiger partial charge >= 0.3 is 5.97 Å². The zero-order valence-electron chi connectivity index (χ0n) is 10.3. The van der Waals surface area contributed by atoms with Gasteiger partial charge in [0.15, 0.2) is 0 Å². The Hall–Kier alpha value is -2.20. The van der Waals surface area contributed by atoms with Gasteiger partial charge in [-0.1, -0.05) is 36.4 Å². The molecular formula is C15H11NO2S. The summed E-state index contributed by atoms with van der Waals surface area (Å²) in [4.78, 5) is 15.9. The van der Waals surface area contributed by atoms with Gasteiger partial charge in [0.25, 0.3) is 0 Å². The van der Waals surface area contributed by atoms with Crippen LogP contribution in [-0.4, -0.2) is 16.1 Å². The highest BCUT2D eigenvalue weighted by Gasteiger charge is 2.17. The summed E-state index contributed by atoms with van der Waals surface area (Å²) in [6, 6.07) is 13.9. The maximum absolute atomic E-state index is 11.2. The third kappa shape index (κ3) is 2.11. The number of rotatable bonds is 2. The summed E-state index contributed by atoms with van der Waals surface area (Å²) >= 11 is 1.21. The van der Waals surface area contributed by atoms with Gasteiger partial charge < -0.3 is 5.11 Å². The van der Waals surface area contributed by atoms with Crippen LogP contribution in [0.4, 0.5) is 0 Å². The maximum atomic E-state index is 11.2. The molecule has 0 aliphatic carbocycles. The molecule has 0 bridgehead atoms. The van der Waals surface area contributed by atoms with Crippen molar-refractivity contribution in [2.24, 2.45) is 0 Å². The largest absolute Gasteiger partial charge is 0.477 e. The molecule has 1 aromatic heterocycles. The van der Waals surface area contributed by atoms with Crippen molar-refractivity contribution < 1.29 is 9.90 Å². The van der Waals surface area contributed by atoms with Gasteiger partial charge in [0.2, 0.25) is 0 Å². The molecule has 0 unspecified atom stereocenters. The van der Waals surface area contributed by atoms with Crippen molar-refractivity contribution in [3.05, 3.63) is 52.3 Å². The van der Waals surface area contributed by atoms with E-state index < -0.39 is 5.97 Å². The minimum absolute atomic E-state index is 0.299. The van der Waals surface area contributed by atoms with Crippen molar-refractivity contribution >= 4 is 28.1 Å². The van der Waals surface area contributed by atoms with E-state index >= 15 is 0 Å². The van der Waals surface area contributed by atoms with E-state index in [1.165, 1.54) is 11.3 Å². The third-order valence-electron chi connectivity index (χ3n) is 2.95. The Morgan fingerprint density at radius 1 is 1.16 bits per heavy atom. The summed E-state index contributed by atoms with van der Waals surface area (Å²) in [7, 11) is 0. The SMILES string of the molecule is Cc1nc(-c2ccc3ccccc3c2)c(C(=O)O)s1. The van der Waals surface area contributed by atoms with Crippen LogP contribution in [0.2, 0.25) is 0 Å². The molecule has 0 fully saturated rings. The molecule has 1 N–H and O–H groups in total. The summed E-state index contributed by atoms with van der Waals surface area (Å²) in [6.07, 6.45) is 0. The molecule has 94 valence electrons. The maximum Gasteiger partial charge on any atom is 0.348 e. The normalized spacial score (nSPS) is 10.8. The van der Waals surface area contributed by atoms with Crippen molar-refractivity contribution in [3.63, 3.8) is 0 Å². The van der Waals surface area contributed by atoms with Crippen LogP contribution in [-0.2, 0) is 0 Å². The van der Waals surface area contributed by atoms with E-state index in [0.717, 1.165) is 21.3 Å². The predicted octanol–water partition coefficient (Wildman–Crippen LogP) is 3.97. The Bertz CT molecular complexity index is 777. The van der Waals surface area contributed by atoms with Gasteiger partial charge in [-0.05, 0) is 23.8 Å². The Morgan fingerprint density at radius 2 is 1.89 bits per heavy atom. The molecule has 0 saturated carbocycles. The number of nitrogens with zero attached hydrogens (tertiary/aromatic N) is 1. The lowest BCUT2D eigenvalue weighted by atomic mass is 10.0. The standard InChI is InChI=1S/C15H11NO2S/c1-9-16-13(14(19-9)15(17)18)12-7-6-10-4-2-3-5-11(10)8-12/h2-8H,1H3,(H,17,18). The molecule has 0 saturated heterocycles. The summed E-state index contributed by atoms with van der Waals surface area (Å²) in [5.41, 5.74) is 1.40. The summed E-state index contributed by atoms with van der Waals surface area (Å²) in [6.45, 7) is 1.82. The minimum atomic E-state index is -0.922. The molecule has 0 amide bonds. The average Bonchev–Trinajstić information content (AvgIpc) is 2.80. The number of benzene rings is 2. The van der Waals surface area contributed by atoms with Crippen LogP contribution in [0.3, 0.4) is 0 Å². The van der Waals surface area contributed by atoms with Gasteiger partial charge in [0, 0.05) is 5.56 Å². The van der Waals surface area contributed by atoms with Crippen LogP contribution >= 0.6 is 11.3 Å². The second kappa shape index (κ2) is 4.48. The Balaban J connectivity index is 2.21. The third-order valence-corrected chi connectivity index (χ3v) is 3.91. The first-order valence-electron chi connectivity index (χ1n) is 5.85. The first-order valence-corrected chi connectivity index (χ1v) is 6.67. The molecule has 3 nitrogen and oxygen atoms in total. The second-order valence-electron chi connectivity index (χ2n) is 4.28. The number of carbonyl (C=O) groups is 1.